The van der Waals surface area contributed by atoms with E-state index < -0.39 is 0 Å². The molecule has 2 saturated carbocycles. The van der Waals surface area contributed by atoms with Gasteiger partial charge in [0.15, 0.2) is 0 Å². The average molecular weight is 238 g/mol. The third-order valence-corrected chi connectivity index (χ3v) is 4.72. The third kappa shape index (κ3) is 2.49. The Labute approximate surface area is 105 Å². The highest BCUT2D eigenvalue weighted by Gasteiger charge is 2.45. The van der Waals surface area contributed by atoms with E-state index >= 15 is 0 Å². The van der Waals surface area contributed by atoms with Crippen LogP contribution >= 0.6 is 0 Å². The van der Waals surface area contributed by atoms with Crippen molar-refractivity contribution in [3.63, 3.8) is 0 Å². The zero-order valence-corrected chi connectivity index (χ0v) is 11.3. The molecule has 0 saturated heterocycles. The largest absolute Gasteiger partial charge is 0.342 e. The van der Waals surface area contributed by atoms with Gasteiger partial charge in [0.05, 0.1) is 5.41 Å². The summed E-state index contributed by atoms with van der Waals surface area (Å²) in [5.74, 6) is 0.394. The summed E-state index contributed by atoms with van der Waals surface area (Å²) in [7, 11) is 3.97. The number of amides is 1. The predicted octanol–water partition coefficient (Wildman–Crippen LogP) is 2.17. The standard InChI is InChI=1S/C14H26N2O/c1-15-11-14(9-6-10-14)13(17)16(2)12-7-4-3-5-8-12/h12,15H,3-11H2,1-2H3. The van der Waals surface area contributed by atoms with E-state index in [1.54, 1.807) is 0 Å². The topological polar surface area (TPSA) is 32.3 Å². The van der Waals surface area contributed by atoms with Crippen molar-refractivity contribution in [3.8, 4) is 0 Å². The van der Waals surface area contributed by atoms with Gasteiger partial charge in [-0.3, -0.25) is 4.79 Å². The second-order valence-corrected chi connectivity index (χ2v) is 5.87. The summed E-state index contributed by atoms with van der Waals surface area (Å²) in [5.41, 5.74) is -0.0685. The van der Waals surface area contributed by atoms with Crippen molar-refractivity contribution in [2.45, 2.75) is 57.4 Å². The number of carbonyl (C=O) groups excluding carboxylic acids is 1. The molecular formula is C14H26N2O. The van der Waals surface area contributed by atoms with Gasteiger partial charge in [0.1, 0.15) is 0 Å². The lowest BCUT2D eigenvalue weighted by molar-refractivity contribution is -0.148. The predicted molar refractivity (Wildman–Crippen MR) is 69.9 cm³/mol. The fraction of sp³-hybridized carbons (Fsp3) is 0.929. The molecule has 3 nitrogen and oxygen atoms in total. The van der Waals surface area contributed by atoms with Crippen molar-refractivity contribution in [3.05, 3.63) is 0 Å². The number of nitrogens with zero attached hydrogens (tertiary/aromatic N) is 1. The van der Waals surface area contributed by atoms with E-state index in [1.165, 1.54) is 38.5 Å². The molecule has 0 unspecified atom stereocenters. The van der Waals surface area contributed by atoms with Gasteiger partial charge in [-0.1, -0.05) is 25.7 Å². The summed E-state index contributed by atoms with van der Waals surface area (Å²) in [6.45, 7) is 0.850. The fourth-order valence-corrected chi connectivity index (χ4v) is 3.42. The quantitative estimate of drug-likeness (QED) is 0.814. The summed E-state index contributed by atoms with van der Waals surface area (Å²) in [6, 6.07) is 0.505. The zero-order chi connectivity index (χ0) is 12.3. The Morgan fingerprint density at radius 1 is 1.24 bits per heavy atom. The molecule has 2 aliphatic rings. The van der Waals surface area contributed by atoms with Crippen molar-refractivity contribution < 1.29 is 4.79 Å². The van der Waals surface area contributed by atoms with Crippen LogP contribution in [0, 0.1) is 5.41 Å². The number of hydrogen-bond acceptors (Lipinski definition) is 2. The normalized spacial score (nSPS) is 24.1. The minimum absolute atomic E-state index is 0.0685. The Balaban J connectivity index is 1.97. The molecule has 0 aromatic rings. The van der Waals surface area contributed by atoms with Crippen LogP contribution in [0.5, 0.6) is 0 Å². The lowest BCUT2D eigenvalue weighted by atomic mass is 9.67. The lowest BCUT2D eigenvalue weighted by Crippen LogP contribution is -2.54. The molecule has 0 aromatic heterocycles. The molecule has 17 heavy (non-hydrogen) atoms. The first-order valence-corrected chi connectivity index (χ1v) is 7.11. The Morgan fingerprint density at radius 3 is 2.35 bits per heavy atom. The Morgan fingerprint density at radius 2 is 1.88 bits per heavy atom. The maximum absolute atomic E-state index is 12.6. The van der Waals surface area contributed by atoms with Crippen LogP contribution < -0.4 is 5.32 Å². The second kappa shape index (κ2) is 5.38. The first-order valence-electron chi connectivity index (χ1n) is 7.11. The van der Waals surface area contributed by atoms with Crippen LogP contribution in [0.2, 0.25) is 0 Å². The van der Waals surface area contributed by atoms with Gasteiger partial charge >= 0.3 is 0 Å². The molecule has 0 aliphatic heterocycles. The Kier molecular flexibility index (Phi) is 4.08. The highest BCUT2D eigenvalue weighted by Crippen LogP contribution is 2.42. The Bertz CT molecular complexity index is 267. The summed E-state index contributed by atoms with van der Waals surface area (Å²) >= 11 is 0. The van der Waals surface area contributed by atoms with E-state index in [2.05, 4.69) is 10.2 Å². The van der Waals surface area contributed by atoms with E-state index in [9.17, 15) is 4.79 Å². The van der Waals surface area contributed by atoms with E-state index in [1.807, 2.05) is 14.1 Å². The van der Waals surface area contributed by atoms with Crippen LogP contribution in [-0.2, 0) is 4.79 Å². The van der Waals surface area contributed by atoms with E-state index in [4.69, 9.17) is 0 Å². The van der Waals surface area contributed by atoms with Crippen LogP contribution in [0.1, 0.15) is 51.4 Å². The summed E-state index contributed by atoms with van der Waals surface area (Å²) in [6.07, 6.45) is 9.71. The molecule has 0 heterocycles. The summed E-state index contributed by atoms with van der Waals surface area (Å²) in [5, 5.41) is 3.20. The molecule has 2 aliphatic carbocycles. The van der Waals surface area contributed by atoms with Crippen LogP contribution in [-0.4, -0.2) is 37.5 Å². The lowest BCUT2D eigenvalue weighted by Gasteiger charge is -2.45. The number of carbonyl (C=O) groups is 1. The molecule has 0 radical (unpaired) electrons. The SMILES string of the molecule is CNCC1(C(=O)N(C)C2CCCCC2)CCC1. The molecule has 0 bridgehead atoms. The van der Waals surface area contributed by atoms with Gasteiger partial charge in [0.2, 0.25) is 5.91 Å². The first-order chi connectivity index (χ1) is 8.19. The molecule has 2 rings (SSSR count). The highest BCUT2D eigenvalue weighted by molar-refractivity contribution is 5.84. The monoisotopic (exact) mass is 238 g/mol. The van der Waals surface area contributed by atoms with Crippen LogP contribution in [0.3, 0.4) is 0 Å². The van der Waals surface area contributed by atoms with Crippen molar-refractivity contribution >= 4 is 5.91 Å². The van der Waals surface area contributed by atoms with Gasteiger partial charge in [-0.2, -0.15) is 0 Å². The van der Waals surface area contributed by atoms with Gasteiger partial charge in [-0.15, -0.1) is 0 Å². The minimum atomic E-state index is -0.0685. The van der Waals surface area contributed by atoms with Crippen LogP contribution in [0.25, 0.3) is 0 Å². The van der Waals surface area contributed by atoms with Gasteiger partial charge in [0.25, 0.3) is 0 Å². The van der Waals surface area contributed by atoms with Crippen molar-refractivity contribution in [2.24, 2.45) is 5.41 Å². The second-order valence-electron chi connectivity index (χ2n) is 5.87. The molecule has 3 heteroatoms. The Hall–Kier alpha value is -0.570. The van der Waals surface area contributed by atoms with Crippen molar-refractivity contribution in [1.29, 1.82) is 0 Å². The summed E-state index contributed by atoms with van der Waals surface area (Å²) in [4.78, 5) is 14.7. The molecule has 98 valence electrons. The number of rotatable bonds is 4. The van der Waals surface area contributed by atoms with Gasteiger partial charge in [0, 0.05) is 19.6 Å². The maximum Gasteiger partial charge on any atom is 0.230 e. The van der Waals surface area contributed by atoms with Crippen molar-refractivity contribution in [2.75, 3.05) is 20.6 Å². The smallest absolute Gasteiger partial charge is 0.230 e. The highest BCUT2D eigenvalue weighted by atomic mass is 16.2. The number of nitrogens with one attached hydrogen (secondary N) is 1. The molecule has 0 atom stereocenters. The molecule has 1 N–H and O–H groups in total. The van der Waals surface area contributed by atoms with Gasteiger partial charge in [-0.05, 0) is 32.7 Å². The van der Waals surface area contributed by atoms with E-state index in [0.29, 0.717) is 11.9 Å². The zero-order valence-electron chi connectivity index (χ0n) is 11.3. The molecule has 2 fully saturated rings. The first kappa shape index (κ1) is 12.9. The molecule has 0 aromatic carbocycles. The molecule has 1 amide bonds. The minimum Gasteiger partial charge on any atom is -0.342 e. The molecular weight excluding hydrogens is 212 g/mol. The summed E-state index contributed by atoms with van der Waals surface area (Å²) < 4.78 is 0. The number of hydrogen-bond donors (Lipinski definition) is 1. The van der Waals surface area contributed by atoms with Gasteiger partial charge in [-0.25, -0.2) is 0 Å². The van der Waals surface area contributed by atoms with Gasteiger partial charge < -0.3 is 10.2 Å². The van der Waals surface area contributed by atoms with E-state index in [-0.39, 0.29) is 5.41 Å². The molecule has 0 spiro atoms. The third-order valence-electron chi connectivity index (χ3n) is 4.72. The van der Waals surface area contributed by atoms with Crippen LogP contribution in [0.4, 0.5) is 0 Å². The van der Waals surface area contributed by atoms with Crippen molar-refractivity contribution in [1.82, 2.24) is 10.2 Å². The fourth-order valence-electron chi connectivity index (χ4n) is 3.42. The van der Waals surface area contributed by atoms with E-state index in [0.717, 1.165) is 19.4 Å². The average Bonchev–Trinajstić information content (AvgIpc) is 2.33. The van der Waals surface area contributed by atoms with Crippen LogP contribution in [0.15, 0.2) is 0 Å². The maximum atomic E-state index is 12.6.